The van der Waals surface area contributed by atoms with Crippen LogP contribution in [-0.2, 0) is 0 Å². The monoisotopic (exact) mass is 305 g/mol. The van der Waals surface area contributed by atoms with Gasteiger partial charge in [-0.2, -0.15) is 0 Å². The minimum Gasteiger partial charge on any atom is -0.353 e. The van der Waals surface area contributed by atoms with Crippen molar-refractivity contribution in [3.05, 3.63) is 34.3 Å². The highest BCUT2D eigenvalue weighted by atomic mass is 79.9. The van der Waals surface area contributed by atoms with Crippen molar-refractivity contribution in [3.8, 4) is 0 Å². The summed E-state index contributed by atoms with van der Waals surface area (Å²) in [7, 11) is 0. The fraction of sp³-hybridized carbons (Fsp3) is 0.357. The topological polar surface area (TPSA) is 28.2 Å². The van der Waals surface area contributed by atoms with Crippen molar-refractivity contribution in [2.75, 3.05) is 31.1 Å². The molecule has 1 aromatic carbocycles. The largest absolute Gasteiger partial charge is 0.353 e. The molecular weight excluding hydrogens is 290 g/mol. The highest BCUT2D eigenvalue weighted by Crippen LogP contribution is 2.28. The van der Waals surface area contributed by atoms with Gasteiger partial charge in [0, 0.05) is 31.6 Å². The lowest BCUT2D eigenvalue weighted by Gasteiger charge is -2.29. The first-order chi connectivity index (χ1) is 8.74. The lowest BCUT2D eigenvalue weighted by atomic mass is 10.1. The third-order valence-corrected chi connectivity index (χ3v) is 3.91. The molecule has 0 atom stereocenters. The molecule has 3 nitrogen and oxygen atoms in total. The molecule has 1 aliphatic rings. The van der Waals surface area contributed by atoms with Crippen LogP contribution >= 0.6 is 15.9 Å². The number of fused-ring (bicyclic) bond motifs is 1. The van der Waals surface area contributed by atoms with Gasteiger partial charge in [0.05, 0.1) is 9.99 Å². The van der Waals surface area contributed by atoms with Crippen LogP contribution in [0.5, 0.6) is 0 Å². The number of nitrogens with one attached hydrogen (secondary N) is 1. The lowest BCUT2D eigenvalue weighted by molar-refractivity contribution is 0.585. The first-order valence-electron chi connectivity index (χ1n) is 6.26. The van der Waals surface area contributed by atoms with Crippen LogP contribution in [-0.4, -0.2) is 31.2 Å². The second kappa shape index (κ2) is 4.86. The maximum Gasteiger partial charge on any atom is 0.143 e. The first kappa shape index (κ1) is 11.9. The summed E-state index contributed by atoms with van der Waals surface area (Å²) >= 11 is 3.65. The van der Waals surface area contributed by atoms with E-state index in [1.807, 2.05) is 0 Å². The van der Waals surface area contributed by atoms with Gasteiger partial charge in [-0.3, -0.25) is 0 Å². The fourth-order valence-electron chi connectivity index (χ4n) is 2.36. The molecule has 2 heterocycles. The number of hydrogen-bond donors (Lipinski definition) is 1. The Labute approximate surface area is 115 Å². The fourth-order valence-corrected chi connectivity index (χ4v) is 2.94. The lowest BCUT2D eigenvalue weighted by Crippen LogP contribution is -2.44. The number of anilines is 1. The summed E-state index contributed by atoms with van der Waals surface area (Å²) in [6, 6.07) is 8.56. The van der Waals surface area contributed by atoms with Gasteiger partial charge in [0.25, 0.3) is 0 Å². The number of nitrogens with zero attached hydrogens (tertiary/aromatic N) is 2. The van der Waals surface area contributed by atoms with Crippen molar-refractivity contribution in [1.82, 2.24) is 10.3 Å². The predicted molar refractivity (Wildman–Crippen MR) is 79.3 cm³/mol. The molecule has 94 valence electrons. The molecule has 0 bridgehead atoms. The van der Waals surface area contributed by atoms with Crippen molar-refractivity contribution in [2.45, 2.75) is 6.92 Å². The third-order valence-electron chi connectivity index (χ3n) is 3.32. The number of aromatic nitrogens is 1. The number of aryl methyl sites for hydroxylation is 1. The summed E-state index contributed by atoms with van der Waals surface area (Å²) in [5.41, 5.74) is 2.34. The molecule has 0 radical (unpaired) electrons. The molecule has 1 saturated heterocycles. The van der Waals surface area contributed by atoms with E-state index in [-0.39, 0.29) is 0 Å². The number of benzene rings is 1. The van der Waals surface area contributed by atoms with E-state index >= 15 is 0 Å². The summed E-state index contributed by atoms with van der Waals surface area (Å²) in [5, 5.41) is 4.56. The maximum atomic E-state index is 4.79. The van der Waals surface area contributed by atoms with Crippen LogP contribution in [0.3, 0.4) is 0 Å². The summed E-state index contributed by atoms with van der Waals surface area (Å²) in [6.45, 7) is 6.20. The molecule has 0 amide bonds. The van der Waals surface area contributed by atoms with E-state index in [4.69, 9.17) is 4.98 Å². The van der Waals surface area contributed by atoms with Crippen molar-refractivity contribution < 1.29 is 0 Å². The summed E-state index contributed by atoms with van der Waals surface area (Å²) in [4.78, 5) is 7.12. The van der Waals surface area contributed by atoms with E-state index in [1.165, 1.54) is 10.9 Å². The Hall–Kier alpha value is -1.13. The molecule has 1 N–H and O–H groups in total. The van der Waals surface area contributed by atoms with E-state index in [9.17, 15) is 0 Å². The molecule has 1 fully saturated rings. The Morgan fingerprint density at radius 2 is 2.00 bits per heavy atom. The average Bonchev–Trinajstić information content (AvgIpc) is 2.39. The molecule has 4 heteroatoms. The quantitative estimate of drug-likeness (QED) is 0.878. The van der Waals surface area contributed by atoms with Gasteiger partial charge in [0.15, 0.2) is 0 Å². The van der Waals surface area contributed by atoms with E-state index in [1.54, 1.807) is 0 Å². The van der Waals surface area contributed by atoms with Crippen LogP contribution in [0.1, 0.15) is 5.56 Å². The zero-order valence-electron chi connectivity index (χ0n) is 10.4. The van der Waals surface area contributed by atoms with Gasteiger partial charge in [0.2, 0.25) is 0 Å². The summed E-state index contributed by atoms with van der Waals surface area (Å²) in [6.07, 6.45) is 0. The second-order valence-corrected chi connectivity index (χ2v) is 5.58. The third kappa shape index (κ3) is 2.22. The standard InChI is InChI=1S/C14H16BrN3/c1-10-2-3-13-11(8-10)9-12(15)14(17-13)18-6-4-16-5-7-18/h2-3,8-9,16H,4-7H2,1H3. The van der Waals surface area contributed by atoms with Crippen molar-refractivity contribution in [3.63, 3.8) is 0 Å². The molecular formula is C14H16BrN3. The Balaban J connectivity index is 2.06. The van der Waals surface area contributed by atoms with E-state index in [0.717, 1.165) is 42.0 Å². The highest BCUT2D eigenvalue weighted by molar-refractivity contribution is 9.10. The first-order valence-corrected chi connectivity index (χ1v) is 7.06. The van der Waals surface area contributed by atoms with Gasteiger partial charge < -0.3 is 10.2 Å². The molecule has 0 aliphatic carbocycles. The average molecular weight is 306 g/mol. The molecule has 1 aromatic heterocycles. The molecule has 0 saturated carbocycles. The number of hydrogen-bond acceptors (Lipinski definition) is 3. The number of piperazine rings is 1. The zero-order chi connectivity index (χ0) is 12.5. The minimum atomic E-state index is 1.02. The maximum absolute atomic E-state index is 4.79. The SMILES string of the molecule is Cc1ccc2nc(N3CCNCC3)c(Br)cc2c1. The van der Waals surface area contributed by atoms with Crippen molar-refractivity contribution in [1.29, 1.82) is 0 Å². The minimum absolute atomic E-state index is 1.02. The van der Waals surface area contributed by atoms with Crippen LogP contribution < -0.4 is 10.2 Å². The predicted octanol–water partition coefficient (Wildman–Crippen LogP) is 2.72. The smallest absolute Gasteiger partial charge is 0.143 e. The van der Waals surface area contributed by atoms with Crippen molar-refractivity contribution >= 4 is 32.7 Å². The van der Waals surface area contributed by atoms with Crippen LogP contribution in [0.25, 0.3) is 10.9 Å². The normalized spacial score (nSPS) is 16.2. The number of pyridine rings is 1. The van der Waals surface area contributed by atoms with Crippen LogP contribution in [0.15, 0.2) is 28.7 Å². The van der Waals surface area contributed by atoms with Gasteiger partial charge in [-0.1, -0.05) is 11.6 Å². The van der Waals surface area contributed by atoms with Gasteiger partial charge >= 0.3 is 0 Å². The molecule has 18 heavy (non-hydrogen) atoms. The van der Waals surface area contributed by atoms with Gasteiger partial charge in [-0.15, -0.1) is 0 Å². The summed E-state index contributed by atoms with van der Waals surface area (Å²) in [5.74, 6) is 1.06. The highest BCUT2D eigenvalue weighted by Gasteiger charge is 2.15. The molecule has 0 spiro atoms. The Kier molecular flexibility index (Phi) is 3.22. The molecule has 3 rings (SSSR count). The zero-order valence-corrected chi connectivity index (χ0v) is 12.0. The molecule has 0 unspecified atom stereocenters. The molecule has 2 aromatic rings. The molecule has 1 aliphatic heterocycles. The van der Waals surface area contributed by atoms with Gasteiger partial charge in [0.1, 0.15) is 5.82 Å². The van der Waals surface area contributed by atoms with E-state index in [0.29, 0.717) is 0 Å². The number of rotatable bonds is 1. The van der Waals surface area contributed by atoms with Gasteiger partial charge in [-0.25, -0.2) is 4.98 Å². The van der Waals surface area contributed by atoms with Crippen LogP contribution in [0.2, 0.25) is 0 Å². The second-order valence-electron chi connectivity index (χ2n) is 4.73. The van der Waals surface area contributed by atoms with E-state index in [2.05, 4.69) is 57.3 Å². The Morgan fingerprint density at radius 3 is 2.78 bits per heavy atom. The van der Waals surface area contributed by atoms with Gasteiger partial charge in [-0.05, 0) is 41.1 Å². The van der Waals surface area contributed by atoms with E-state index < -0.39 is 0 Å². The Morgan fingerprint density at radius 1 is 1.22 bits per heavy atom. The van der Waals surface area contributed by atoms with Crippen LogP contribution in [0, 0.1) is 6.92 Å². The van der Waals surface area contributed by atoms with Crippen LogP contribution in [0.4, 0.5) is 5.82 Å². The number of halogens is 1. The Bertz CT molecular complexity index is 577. The van der Waals surface area contributed by atoms with Crippen molar-refractivity contribution in [2.24, 2.45) is 0 Å². The summed E-state index contributed by atoms with van der Waals surface area (Å²) < 4.78 is 1.09.